The molecule has 2 atom stereocenters. The van der Waals surface area contributed by atoms with E-state index in [-0.39, 0.29) is 43.4 Å². The summed E-state index contributed by atoms with van der Waals surface area (Å²) in [5.74, 6) is -0.866. The Hall–Kier alpha value is -3.35. The van der Waals surface area contributed by atoms with Crippen LogP contribution in [0.3, 0.4) is 0 Å². The molecule has 2 amide bonds. The highest BCUT2D eigenvalue weighted by atomic mass is 16.5. The molecule has 2 aromatic carbocycles. The number of alkyl carbamates (subject to hydrolysis) is 1. The Kier molecular flexibility index (Phi) is 6.73. The molecule has 1 saturated carbocycles. The van der Waals surface area contributed by atoms with Crippen molar-refractivity contribution in [3.05, 3.63) is 59.7 Å². The second-order valence-electron chi connectivity index (χ2n) is 8.54. The van der Waals surface area contributed by atoms with Gasteiger partial charge in [0.15, 0.2) is 0 Å². The van der Waals surface area contributed by atoms with E-state index in [4.69, 9.17) is 9.84 Å². The normalized spacial score (nSPS) is 19.1. The Bertz CT molecular complexity index is 960. The number of amides is 2. The summed E-state index contributed by atoms with van der Waals surface area (Å²) >= 11 is 0. The van der Waals surface area contributed by atoms with Crippen LogP contribution in [0.1, 0.15) is 49.1 Å². The van der Waals surface area contributed by atoms with Crippen molar-refractivity contribution in [1.82, 2.24) is 10.6 Å². The first kappa shape index (κ1) is 21.9. The molecule has 0 aromatic heterocycles. The fourth-order valence-electron chi connectivity index (χ4n) is 4.84. The van der Waals surface area contributed by atoms with Crippen molar-refractivity contribution in [1.29, 1.82) is 0 Å². The molecule has 7 heteroatoms. The molecule has 168 valence electrons. The van der Waals surface area contributed by atoms with Crippen molar-refractivity contribution in [3.8, 4) is 11.1 Å². The van der Waals surface area contributed by atoms with Gasteiger partial charge in [-0.25, -0.2) is 4.79 Å². The van der Waals surface area contributed by atoms with Gasteiger partial charge < -0.3 is 20.5 Å². The zero-order valence-corrected chi connectivity index (χ0v) is 17.9. The third kappa shape index (κ3) is 5.10. The maximum atomic E-state index is 12.4. The van der Waals surface area contributed by atoms with Crippen molar-refractivity contribution in [2.24, 2.45) is 5.92 Å². The van der Waals surface area contributed by atoms with Crippen LogP contribution in [0.4, 0.5) is 4.79 Å². The minimum Gasteiger partial charge on any atom is -0.481 e. The summed E-state index contributed by atoms with van der Waals surface area (Å²) in [6, 6.07) is 16.4. The summed E-state index contributed by atoms with van der Waals surface area (Å²) in [7, 11) is 0. The third-order valence-corrected chi connectivity index (χ3v) is 6.34. The molecule has 2 aliphatic carbocycles. The van der Waals surface area contributed by atoms with E-state index in [0.29, 0.717) is 6.42 Å². The van der Waals surface area contributed by atoms with Crippen LogP contribution in [0.2, 0.25) is 0 Å². The second kappa shape index (κ2) is 9.85. The molecule has 2 aromatic rings. The van der Waals surface area contributed by atoms with E-state index in [1.54, 1.807) is 0 Å². The van der Waals surface area contributed by atoms with Gasteiger partial charge in [0, 0.05) is 24.9 Å². The maximum absolute atomic E-state index is 12.4. The molecule has 0 saturated heterocycles. The summed E-state index contributed by atoms with van der Waals surface area (Å²) in [4.78, 5) is 34.9. The lowest BCUT2D eigenvalue weighted by Gasteiger charge is -2.17. The number of rotatable bonds is 8. The molecule has 0 radical (unpaired) electrons. The highest BCUT2D eigenvalue weighted by molar-refractivity contribution is 5.79. The van der Waals surface area contributed by atoms with Gasteiger partial charge in [-0.3, -0.25) is 9.59 Å². The third-order valence-electron chi connectivity index (χ3n) is 6.34. The molecular formula is C25H28N2O5. The fourth-order valence-corrected chi connectivity index (χ4v) is 4.84. The smallest absolute Gasteiger partial charge is 0.407 e. The van der Waals surface area contributed by atoms with E-state index < -0.39 is 12.1 Å². The first-order valence-electron chi connectivity index (χ1n) is 11.1. The summed E-state index contributed by atoms with van der Waals surface area (Å²) in [5, 5.41) is 14.2. The molecule has 0 unspecified atom stereocenters. The number of hydrogen-bond acceptors (Lipinski definition) is 4. The number of carbonyl (C=O) groups excluding carboxylic acids is 2. The van der Waals surface area contributed by atoms with Crippen molar-refractivity contribution >= 4 is 18.0 Å². The van der Waals surface area contributed by atoms with E-state index in [9.17, 15) is 14.4 Å². The van der Waals surface area contributed by atoms with Crippen LogP contribution in [-0.4, -0.2) is 42.3 Å². The summed E-state index contributed by atoms with van der Waals surface area (Å²) in [6.45, 7) is 0.421. The lowest BCUT2D eigenvalue weighted by Crippen LogP contribution is -2.34. The Morgan fingerprint density at radius 2 is 1.62 bits per heavy atom. The highest BCUT2D eigenvalue weighted by Gasteiger charge is 2.31. The lowest BCUT2D eigenvalue weighted by atomic mass is 9.98. The molecule has 0 aliphatic heterocycles. The van der Waals surface area contributed by atoms with Crippen LogP contribution in [-0.2, 0) is 14.3 Å². The van der Waals surface area contributed by atoms with Gasteiger partial charge in [-0.1, -0.05) is 48.5 Å². The largest absolute Gasteiger partial charge is 0.481 e. The zero-order valence-electron chi connectivity index (χ0n) is 17.9. The molecule has 3 N–H and O–H groups in total. The van der Waals surface area contributed by atoms with Crippen molar-refractivity contribution < 1.29 is 24.2 Å². The maximum Gasteiger partial charge on any atom is 0.407 e. The number of carboxylic acids is 1. The number of ether oxygens (including phenoxy) is 1. The first-order chi connectivity index (χ1) is 15.5. The molecule has 4 rings (SSSR count). The van der Waals surface area contributed by atoms with E-state index in [1.165, 1.54) is 22.3 Å². The van der Waals surface area contributed by atoms with Crippen molar-refractivity contribution in [2.75, 3.05) is 13.2 Å². The highest BCUT2D eigenvalue weighted by Crippen LogP contribution is 2.44. The number of aliphatic carboxylic acids is 1. The monoisotopic (exact) mass is 436 g/mol. The molecule has 0 heterocycles. The second-order valence-corrected chi connectivity index (χ2v) is 8.54. The van der Waals surface area contributed by atoms with Crippen LogP contribution in [0.5, 0.6) is 0 Å². The van der Waals surface area contributed by atoms with Gasteiger partial charge in [0.2, 0.25) is 5.91 Å². The Morgan fingerprint density at radius 3 is 2.28 bits per heavy atom. The van der Waals surface area contributed by atoms with E-state index in [0.717, 1.165) is 19.3 Å². The SMILES string of the molecule is O=C(O)CCNC(=O)C[C@H]1CC[C@@H](NC(=O)OCC2c3ccccc3-c3ccccc32)C1. The molecule has 0 spiro atoms. The van der Waals surface area contributed by atoms with Crippen LogP contribution in [0.15, 0.2) is 48.5 Å². The molecule has 32 heavy (non-hydrogen) atoms. The number of carboxylic acid groups (broad SMARTS) is 1. The average Bonchev–Trinajstić information content (AvgIpc) is 3.34. The summed E-state index contributed by atoms with van der Waals surface area (Å²) < 4.78 is 5.61. The summed E-state index contributed by atoms with van der Waals surface area (Å²) in [6.07, 6.45) is 2.21. The van der Waals surface area contributed by atoms with Gasteiger partial charge >= 0.3 is 12.1 Å². The van der Waals surface area contributed by atoms with E-state index >= 15 is 0 Å². The molecule has 0 bridgehead atoms. The first-order valence-corrected chi connectivity index (χ1v) is 11.1. The molecule has 1 fully saturated rings. The Balaban J connectivity index is 1.24. The van der Waals surface area contributed by atoms with Gasteiger partial charge in [-0.05, 0) is 47.4 Å². The van der Waals surface area contributed by atoms with Gasteiger partial charge in [-0.2, -0.15) is 0 Å². The fraction of sp³-hybridized carbons (Fsp3) is 0.400. The van der Waals surface area contributed by atoms with E-state index in [1.807, 2.05) is 24.3 Å². The number of fused-ring (bicyclic) bond motifs is 3. The Labute approximate surface area is 187 Å². The van der Waals surface area contributed by atoms with Gasteiger partial charge in [0.1, 0.15) is 6.61 Å². The van der Waals surface area contributed by atoms with Gasteiger partial charge in [0.05, 0.1) is 6.42 Å². The van der Waals surface area contributed by atoms with Crippen molar-refractivity contribution in [3.63, 3.8) is 0 Å². The number of benzene rings is 2. The number of carbonyl (C=O) groups is 3. The zero-order chi connectivity index (χ0) is 22.5. The van der Waals surface area contributed by atoms with E-state index in [2.05, 4.69) is 34.9 Å². The topological polar surface area (TPSA) is 105 Å². The van der Waals surface area contributed by atoms with Crippen LogP contribution in [0.25, 0.3) is 11.1 Å². The molecule has 7 nitrogen and oxygen atoms in total. The number of hydrogen-bond donors (Lipinski definition) is 3. The van der Waals surface area contributed by atoms with Gasteiger partial charge in [-0.15, -0.1) is 0 Å². The molecular weight excluding hydrogens is 408 g/mol. The van der Waals surface area contributed by atoms with Crippen molar-refractivity contribution in [2.45, 2.75) is 44.1 Å². The van der Waals surface area contributed by atoms with Crippen LogP contribution >= 0.6 is 0 Å². The predicted molar refractivity (Wildman–Crippen MR) is 119 cm³/mol. The van der Waals surface area contributed by atoms with Crippen LogP contribution in [0, 0.1) is 5.92 Å². The van der Waals surface area contributed by atoms with Crippen LogP contribution < -0.4 is 10.6 Å². The quantitative estimate of drug-likeness (QED) is 0.586. The summed E-state index contributed by atoms with van der Waals surface area (Å²) in [5.41, 5.74) is 4.74. The van der Waals surface area contributed by atoms with Gasteiger partial charge in [0.25, 0.3) is 0 Å². The Morgan fingerprint density at radius 1 is 0.969 bits per heavy atom. The lowest BCUT2D eigenvalue weighted by molar-refractivity contribution is -0.136. The minimum atomic E-state index is -0.932. The average molecular weight is 437 g/mol. The minimum absolute atomic E-state index is 0.0116. The predicted octanol–water partition coefficient (Wildman–Crippen LogP) is 3.67. The molecule has 2 aliphatic rings. The standard InChI is InChI=1S/C25H28N2O5/c28-23(26-12-11-24(29)30)14-16-9-10-17(13-16)27-25(31)32-15-22-20-7-3-1-5-18(20)19-6-2-4-8-21(19)22/h1-8,16-17,22H,9-15H2,(H,26,28)(H,27,31)(H,29,30)/t16-,17+/m0/s1. The number of nitrogens with one attached hydrogen (secondary N) is 2.